The van der Waals surface area contributed by atoms with Crippen LogP contribution < -0.4 is 5.32 Å². The van der Waals surface area contributed by atoms with Crippen LogP contribution in [0.25, 0.3) is 0 Å². The topological polar surface area (TPSA) is 12.0 Å². The summed E-state index contributed by atoms with van der Waals surface area (Å²) in [5.74, 6) is -0.158. The first-order chi connectivity index (χ1) is 9.16. The van der Waals surface area contributed by atoms with E-state index in [9.17, 15) is 4.39 Å². The summed E-state index contributed by atoms with van der Waals surface area (Å²) in [4.78, 5) is 0. The van der Waals surface area contributed by atoms with E-state index in [2.05, 4.69) is 5.32 Å². The number of halogens is 3. The lowest BCUT2D eigenvalue weighted by Gasteiger charge is -2.07. The maximum Gasteiger partial charge on any atom is 0.126 e. The standard InChI is InChI=1S/C15H14Cl2FN/c16-13-6-5-12(14(17)9-13)10-19-8-7-11-3-1-2-4-15(11)18/h1-6,9,19H,7-8,10H2. The first-order valence-electron chi connectivity index (χ1n) is 6.05. The first kappa shape index (κ1) is 14.3. The van der Waals surface area contributed by atoms with Crippen LogP contribution in [0.15, 0.2) is 42.5 Å². The van der Waals surface area contributed by atoms with E-state index < -0.39 is 0 Å². The van der Waals surface area contributed by atoms with Crippen LogP contribution in [0.2, 0.25) is 10.0 Å². The predicted octanol–water partition coefficient (Wildman–Crippen LogP) is 4.46. The Morgan fingerprint density at radius 2 is 1.79 bits per heavy atom. The zero-order valence-corrected chi connectivity index (χ0v) is 11.8. The largest absolute Gasteiger partial charge is 0.312 e. The highest BCUT2D eigenvalue weighted by Gasteiger charge is 2.02. The first-order valence-corrected chi connectivity index (χ1v) is 6.80. The second-order valence-corrected chi connectivity index (χ2v) is 5.10. The SMILES string of the molecule is Fc1ccccc1CCNCc1ccc(Cl)cc1Cl. The normalized spacial score (nSPS) is 10.7. The van der Waals surface area contributed by atoms with E-state index in [0.29, 0.717) is 29.6 Å². The van der Waals surface area contributed by atoms with Crippen LogP contribution in [0.3, 0.4) is 0 Å². The fraction of sp³-hybridized carbons (Fsp3) is 0.200. The average Bonchev–Trinajstić information content (AvgIpc) is 2.38. The van der Waals surface area contributed by atoms with Crippen LogP contribution >= 0.6 is 23.2 Å². The van der Waals surface area contributed by atoms with Gasteiger partial charge in [-0.05, 0) is 42.3 Å². The van der Waals surface area contributed by atoms with Crippen molar-refractivity contribution in [3.63, 3.8) is 0 Å². The second-order valence-electron chi connectivity index (χ2n) is 4.25. The van der Waals surface area contributed by atoms with Gasteiger partial charge in [0, 0.05) is 16.6 Å². The lowest BCUT2D eigenvalue weighted by atomic mass is 10.1. The fourth-order valence-corrected chi connectivity index (χ4v) is 2.29. The molecule has 2 aromatic rings. The Morgan fingerprint density at radius 1 is 1.00 bits per heavy atom. The van der Waals surface area contributed by atoms with Gasteiger partial charge in [0.15, 0.2) is 0 Å². The number of rotatable bonds is 5. The minimum atomic E-state index is -0.158. The van der Waals surface area contributed by atoms with Crippen molar-refractivity contribution in [2.45, 2.75) is 13.0 Å². The van der Waals surface area contributed by atoms with Crippen molar-refractivity contribution in [1.82, 2.24) is 5.32 Å². The third-order valence-corrected chi connectivity index (χ3v) is 3.45. The van der Waals surface area contributed by atoms with E-state index >= 15 is 0 Å². The monoisotopic (exact) mass is 297 g/mol. The molecule has 19 heavy (non-hydrogen) atoms. The van der Waals surface area contributed by atoms with Crippen molar-refractivity contribution in [2.75, 3.05) is 6.54 Å². The Balaban J connectivity index is 1.83. The van der Waals surface area contributed by atoms with Gasteiger partial charge in [-0.2, -0.15) is 0 Å². The van der Waals surface area contributed by atoms with Crippen LogP contribution in [0.5, 0.6) is 0 Å². The molecule has 1 N–H and O–H groups in total. The number of hydrogen-bond donors (Lipinski definition) is 1. The Kier molecular flexibility index (Phi) is 5.20. The van der Waals surface area contributed by atoms with Crippen LogP contribution in [0, 0.1) is 5.82 Å². The Hall–Kier alpha value is -1.09. The highest BCUT2D eigenvalue weighted by molar-refractivity contribution is 6.35. The molecule has 4 heteroatoms. The smallest absolute Gasteiger partial charge is 0.126 e. The van der Waals surface area contributed by atoms with Gasteiger partial charge in [0.2, 0.25) is 0 Å². The molecule has 0 atom stereocenters. The van der Waals surface area contributed by atoms with E-state index in [4.69, 9.17) is 23.2 Å². The summed E-state index contributed by atoms with van der Waals surface area (Å²) in [5.41, 5.74) is 1.71. The molecular formula is C15H14Cl2FN. The minimum absolute atomic E-state index is 0.158. The second kappa shape index (κ2) is 6.90. The van der Waals surface area contributed by atoms with Crippen molar-refractivity contribution in [2.24, 2.45) is 0 Å². The fourth-order valence-electron chi connectivity index (χ4n) is 1.81. The molecule has 0 radical (unpaired) electrons. The molecular weight excluding hydrogens is 284 g/mol. The van der Waals surface area contributed by atoms with E-state index in [1.807, 2.05) is 12.1 Å². The summed E-state index contributed by atoms with van der Waals surface area (Å²) in [5, 5.41) is 4.51. The molecule has 0 aliphatic rings. The number of hydrogen-bond acceptors (Lipinski definition) is 1. The summed E-state index contributed by atoms with van der Waals surface area (Å²) >= 11 is 11.9. The summed E-state index contributed by atoms with van der Waals surface area (Å²) in [7, 11) is 0. The van der Waals surface area contributed by atoms with Gasteiger partial charge in [-0.25, -0.2) is 4.39 Å². The van der Waals surface area contributed by atoms with E-state index in [-0.39, 0.29) is 5.82 Å². The molecule has 0 saturated heterocycles. The molecule has 0 aliphatic carbocycles. The van der Waals surface area contributed by atoms with Crippen molar-refractivity contribution < 1.29 is 4.39 Å². The molecule has 0 amide bonds. The van der Waals surface area contributed by atoms with Gasteiger partial charge in [-0.3, -0.25) is 0 Å². The minimum Gasteiger partial charge on any atom is -0.312 e. The van der Waals surface area contributed by atoms with Crippen LogP contribution in [-0.2, 0) is 13.0 Å². The summed E-state index contributed by atoms with van der Waals surface area (Å²) < 4.78 is 13.4. The van der Waals surface area contributed by atoms with Crippen molar-refractivity contribution in [3.05, 3.63) is 69.5 Å². The van der Waals surface area contributed by atoms with E-state index in [1.165, 1.54) is 6.07 Å². The highest BCUT2D eigenvalue weighted by atomic mass is 35.5. The maximum absolute atomic E-state index is 13.4. The lowest BCUT2D eigenvalue weighted by Crippen LogP contribution is -2.17. The van der Waals surface area contributed by atoms with E-state index in [0.717, 1.165) is 11.1 Å². The van der Waals surface area contributed by atoms with Gasteiger partial charge in [0.25, 0.3) is 0 Å². The molecule has 1 nitrogen and oxygen atoms in total. The zero-order valence-electron chi connectivity index (χ0n) is 10.3. The van der Waals surface area contributed by atoms with Crippen molar-refractivity contribution in [3.8, 4) is 0 Å². The Morgan fingerprint density at radius 3 is 2.53 bits per heavy atom. The molecule has 0 unspecified atom stereocenters. The molecule has 0 heterocycles. The van der Waals surface area contributed by atoms with Crippen LogP contribution in [0.4, 0.5) is 4.39 Å². The maximum atomic E-state index is 13.4. The highest BCUT2D eigenvalue weighted by Crippen LogP contribution is 2.20. The zero-order chi connectivity index (χ0) is 13.7. The molecule has 0 aromatic heterocycles. The summed E-state index contributed by atoms with van der Waals surface area (Å²) in [6, 6.07) is 12.2. The van der Waals surface area contributed by atoms with Gasteiger partial charge >= 0.3 is 0 Å². The molecule has 2 aromatic carbocycles. The summed E-state index contributed by atoms with van der Waals surface area (Å²) in [6.45, 7) is 1.34. The lowest BCUT2D eigenvalue weighted by molar-refractivity contribution is 0.598. The number of nitrogens with one attached hydrogen (secondary N) is 1. The van der Waals surface area contributed by atoms with Gasteiger partial charge in [-0.1, -0.05) is 47.5 Å². The number of benzene rings is 2. The summed E-state index contributed by atoms with van der Waals surface area (Å²) in [6.07, 6.45) is 0.651. The third kappa shape index (κ3) is 4.20. The van der Waals surface area contributed by atoms with Gasteiger partial charge in [-0.15, -0.1) is 0 Å². The Labute approximate surface area is 122 Å². The molecule has 0 fully saturated rings. The van der Waals surface area contributed by atoms with Gasteiger partial charge in [0.1, 0.15) is 5.82 Å². The van der Waals surface area contributed by atoms with Crippen LogP contribution in [-0.4, -0.2) is 6.54 Å². The Bertz CT molecular complexity index is 558. The van der Waals surface area contributed by atoms with Crippen LogP contribution in [0.1, 0.15) is 11.1 Å². The predicted molar refractivity (Wildman–Crippen MR) is 78.3 cm³/mol. The quantitative estimate of drug-likeness (QED) is 0.803. The molecule has 100 valence electrons. The van der Waals surface area contributed by atoms with Gasteiger partial charge in [0.05, 0.1) is 0 Å². The van der Waals surface area contributed by atoms with Crippen molar-refractivity contribution in [1.29, 1.82) is 0 Å². The molecule has 2 rings (SSSR count). The molecule has 0 saturated carbocycles. The van der Waals surface area contributed by atoms with E-state index in [1.54, 1.807) is 24.3 Å². The average molecular weight is 298 g/mol. The molecule has 0 spiro atoms. The van der Waals surface area contributed by atoms with Crippen molar-refractivity contribution >= 4 is 23.2 Å². The molecule has 0 aliphatic heterocycles. The molecule has 0 bridgehead atoms. The van der Waals surface area contributed by atoms with Gasteiger partial charge < -0.3 is 5.32 Å². The third-order valence-electron chi connectivity index (χ3n) is 2.86.